The minimum absolute atomic E-state index is 0.374. The van der Waals surface area contributed by atoms with Crippen molar-refractivity contribution in [1.82, 2.24) is 20.2 Å². The lowest BCUT2D eigenvalue weighted by atomic mass is 10.3. The third-order valence-corrected chi connectivity index (χ3v) is 3.21. The monoisotopic (exact) mass is 287 g/mol. The van der Waals surface area contributed by atoms with Gasteiger partial charge in [0.1, 0.15) is 5.82 Å². The minimum atomic E-state index is 0.374. The number of rotatable bonds is 5. The summed E-state index contributed by atoms with van der Waals surface area (Å²) in [6, 6.07) is 8.60. The molecule has 0 aliphatic rings. The van der Waals surface area contributed by atoms with E-state index in [1.807, 2.05) is 25.1 Å². The normalized spacial score (nSPS) is 12.1. The molecule has 1 aromatic carbocycles. The van der Waals surface area contributed by atoms with E-state index in [9.17, 15) is 0 Å². The van der Waals surface area contributed by atoms with Crippen molar-refractivity contribution in [1.29, 1.82) is 0 Å². The number of aryl methyl sites for hydroxylation is 1. The van der Waals surface area contributed by atoms with Gasteiger partial charge in [-0.15, -0.1) is 0 Å². The molecule has 0 radical (unpaired) electrons. The molecule has 0 saturated heterocycles. The van der Waals surface area contributed by atoms with Crippen molar-refractivity contribution in [3.05, 3.63) is 30.1 Å². The first-order valence-corrected chi connectivity index (χ1v) is 7.58. The van der Waals surface area contributed by atoms with Crippen LogP contribution in [-0.2, 0) is 6.54 Å². The van der Waals surface area contributed by atoms with Crippen LogP contribution < -0.4 is 10.6 Å². The van der Waals surface area contributed by atoms with Gasteiger partial charge in [0.2, 0.25) is 0 Å². The van der Waals surface area contributed by atoms with E-state index in [0.29, 0.717) is 6.04 Å². The Kier molecular flexibility index (Phi) is 5.20. The van der Waals surface area contributed by atoms with E-state index >= 15 is 0 Å². The quantitative estimate of drug-likeness (QED) is 0.655. The van der Waals surface area contributed by atoms with Crippen LogP contribution in [0.15, 0.2) is 29.3 Å². The Morgan fingerprint density at radius 2 is 2.10 bits per heavy atom. The van der Waals surface area contributed by atoms with Crippen LogP contribution in [0.4, 0.5) is 0 Å². The van der Waals surface area contributed by atoms with Crippen molar-refractivity contribution >= 4 is 17.0 Å². The minimum Gasteiger partial charge on any atom is -0.357 e. The summed E-state index contributed by atoms with van der Waals surface area (Å²) in [5.74, 6) is 1.91. The molecular weight excluding hydrogens is 262 g/mol. The van der Waals surface area contributed by atoms with E-state index in [0.717, 1.165) is 36.9 Å². The van der Waals surface area contributed by atoms with E-state index in [1.54, 1.807) is 0 Å². The Balaban J connectivity index is 2.08. The highest BCUT2D eigenvalue weighted by Crippen LogP contribution is 2.14. The highest BCUT2D eigenvalue weighted by molar-refractivity contribution is 5.80. The number of aromatic nitrogens is 2. The highest BCUT2D eigenvalue weighted by Gasteiger charge is 2.06. The number of hydrogen-bond donors (Lipinski definition) is 2. The average Bonchev–Trinajstić information content (AvgIpc) is 2.75. The molecule has 1 heterocycles. The molecule has 0 aliphatic carbocycles. The standard InChI is InChI=1S/C16H25N5/c1-5-17-16(19-12(2)3)18-10-11-21-13(4)20-14-8-6-7-9-15(14)21/h6-9,12H,5,10-11H2,1-4H3,(H2,17,18,19). The molecule has 2 aromatic rings. The zero-order valence-corrected chi connectivity index (χ0v) is 13.3. The zero-order chi connectivity index (χ0) is 15.2. The molecule has 0 unspecified atom stereocenters. The van der Waals surface area contributed by atoms with Gasteiger partial charge in [-0.25, -0.2) is 4.98 Å². The Bertz CT molecular complexity index is 612. The lowest BCUT2D eigenvalue weighted by Gasteiger charge is -2.14. The SMILES string of the molecule is CCNC(=NCCn1c(C)nc2ccccc21)NC(C)C. The van der Waals surface area contributed by atoms with Gasteiger partial charge in [-0.05, 0) is 39.8 Å². The van der Waals surface area contributed by atoms with Crippen LogP contribution in [0.1, 0.15) is 26.6 Å². The third kappa shape index (κ3) is 3.97. The molecule has 5 nitrogen and oxygen atoms in total. The summed E-state index contributed by atoms with van der Waals surface area (Å²) in [5.41, 5.74) is 2.22. The van der Waals surface area contributed by atoms with Gasteiger partial charge in [0.15, 0.2) is 5.96 Å². The summed E-state index contributed by atoms with van der Waals surface area (Å²) in [6.45, 7) is 10.8. The Hall–Kier alpha value is -2.04. The molecule has 21 heavy (non-hydrogen) atoms. The van der Waals surface area contributed by atoms with Crippen LogP contribution in [0, 0.1) is 6.92 Å². The van der Waals surface area contributed by atoms with Crippen molar-refractivity contribution in [3.63, 3.8) is 0 Å². The van der Waals surface area contributed by atoms with Crippen LogP contribution >= 0.6 is 0 Å². The molecule has 2 rings (SSSR count). The van der Waals surface area contributed by atoms with Crippen molar-refractivity contribution in [2.24, 2.45) is 4.99 Å². The van der Waals surface area contributed by atoms with Gasteiger partial charge in [0, 0.05) is 19.1 Å². The maximum absolute atomic E-state index is 4.62. The Morgan fingerprint density at radius 3 is 2.81 bits per heavy atom. The maximum atomic E-state index is 4.62. The number of aliphatic imine (C=N–C) groups is 1. The van der Waals surface area contributed by atoms with Gasteiger partial charge in [-0.1, -0.05) is 12.1 Å². The number of para-hydroxylation sites is 2. The van der Waals surface area contributed by atoms with E-state index < -0.39 is 0 Å². The molecule has 0 aliphatic heterocycles. The first kappa shape index (κ1) is 15.4. The summed E-state index contributed by atoms with van der Waals surface area (Å²) in [5, 5.41) is 6.59. The molecule has 0 amide bonds. The number of benzene rings is 1. The maximum Gasteiger partial charge on any atom is 0.191 e. The molecule has 0 saturated carbocycles. The fraction of sp³-hybridized carbons (Fsp3) is 0.500. The number of nitrogens with zero attached hydrogens (tertiary/aromatic N) is 3. The second-order valence-corrected chi connectivity index (χ2v) is 5.36. The fourth-order valence-electron chi connectivity index (χ4n) is 2.33. The van der Waals surface area contributed by atoms with Crippen LogP contribution in [0.25, 0.3) is 11.0 Å². The van der Waals surface area contributed by atoms with Crippen LogP contribution in [-0.4, -0.2) is 34.6 Å². The van der Waals surface area contributed by atoms with E-state index in [1.165, 1.54) is 5.52 Å². The van der Waals surface area contributed by atoms with E-state index in [4.69, 9.17) is 0 Å². The summed E-state index contributed by atoms with van der Waals surface area (Å²) in [4.78, 5) is 9.20. The van der Waals surface area contributed by atoms with E-state index in [2.05, 4.69) is 52.0 Å². The van der Waals surface area contributed by atoms with Crippen LogP contribution in [0.5, 0.6) is 0 Å². The predicted molar refractivity (Wildman–Crippen MR) is 88.7 cm³/mol. The van der Waals surface area contributed by atoms with Gasteiger partial charge in [-0.2, -0.15) is 0 Å². The highest BCUT2D eigenvalue weighted by atomic mass is 15.2. The molecule has 0 atom stereocenters. The first-order chi connectivity index (χ1) is 10.1. The molecule has 2 N–H and O–H groups in total. The lowest BCUT2D eigenvalue weighted by molar-refractivity contribution is 0.675. The summed E-state index contributed by atoms with van der Waals surface area (Å²) >= 11 is 0. The number of nitrogens with one attached hydrogen (secondary N) is 2. The molecular formula is C16H25N5. The second-order valence-electron chi connectivity index (χ2n) is 5.36. The Labute approximate surface area is 126 Å². The number of fused-ring (bicyclic) bond motifs is 1. The number of guanidine groups is 1. The number of hydrogen-bond acceptors (Lipinski definition) is 2. The molecule has 114 valence electrons. The van der Waals surface area contributed by atoms with Crippen LogP contribution in [0.2, 0.25) is 0 Å². The fourth-order valence-corrected chi connectivity index (χ4v) is 2.33. The van der Waals surface area contributed by atoms with Gasteiger partial charge in [0.05, 0.1) is 17.6 Å². The van der Waals surface area contributed by atoms with Crippen molar-refractivity contribution in [2.45, 2.75) is 40.3 Å². The van der Waals surface area contributed by atoms with Gasteiger partial charge < -0.3 is 15.2 Å². The molecule has 0 bridgehead atoms. The summed E-state index contributed by atoms with van der Waals surface area (Å²) in [6.07, 6.45) is 0. The second kappa shape index (κ2) is 7.11. The van der Waals surface area contributed by atoms with Gasteiger partial charge >= 0.3 is 0 Å². The smallest absolute Gasteiger partial charge is 0.191 e. The zero-order valence-electron chi connectivity index (χ0n) is 13.3. The molecule has 1 aromatic heterocycles. The molecule has 5 heteroatoms. The van der Waals surface area contributed by atoms with Crippen LogP contribution in [0.3, 0.4) is 0 Å². The summed E-state index contributed by atoms with van der Waals surface area (Å²) in [7, 11) is 0. The lowest BCUT2D eigenvalue weighted by Crippen LogP contribution is -2.41. The van der Waals surface area contributed by atoms with Crippen molar-refractivity contribution < 1.29 is 0 Å². The van der Waals surface area contributed by atoms with Gasteiger partial charge in [0.25, 0.3) is 0 Å². The first-order valence-electron chi connectivity index (χ1n) is 7.58. The number of imidazole rings is 1. The summed E-state index contributed by atoms with van der Waals surface area (Å²) < 4.78 is 2.22. The average molecular weight is 287 g/mol. The third-order valence-electron chi connectivity index (χ3n) is 3.21. The largest absolute Gasteiger partial charge is 0.357 e. The van der Waals surface area contributed by atoms with Gasteiger partial charge in [-0.3, -0.25) is 4.99 Å². The van der Waals surface area contributed by atoms with Crippen molar-refractivity contribution in [2.75, 3.05) is 13.1 Å². The van der Waals surface area contributed by atoms with E-state index in [-0.39, 0.29) is 0 Å². The Morgan fingerprint density at radius 1 is 1.33 bits per heavy atom. The topological polar surface area (TPSA) is 54.2 Å². The van der Waals surface area contributed by atoms with Crippen molar-refractivity contribution in [3.8, 4) is 0 Å². The predicted octanol–water partition coefficient (Wildman–Crippen LogP) is 2.31. The molecule has 0 fully saturated rings. The molecule has 0 spiro atoms.